The molecular formula is C15H14N2O2. The van der Waals surface area contributed by atoms with Gasteiger partial charge in [-0.05, 0) is 23.6 Å². The molecule has 0 fully saturated rings. The fourth-order valence-corrected chi connectivity index (χ4v) is 2.59. The van der Waals surface area contributed by atoms with E-state index in [0.29, 0.717) is 5.69 Å². The zero-order valence-corrected chi connectivity index (χ0v) is 10.5. The number of hydrogen-bond acceptors (Lipinski definition) is 3. The Morgan fingerprint density at radius 1 is 1.00 bits per heavy atom. The largest absolute Gasteiger partial charge is 0.361 e. The van der Waals surface area contributed by atoms with Crippen molar-refractivity contribution in [2.24, 2.45) is 0 Å². The lowest BCUT2D eigenvalue weighted by Gasteiger charge is -2.30. The van der Waals surface area contributed by atoms with Crippen molar-refractivity contribution in [2.75, 3.05) is 11.4 Å². The van der Waals surface area contributed by atoms with Crippen LogP contribution in [0.2, 0.25) is 0 Å². The van der Waals surface area contributed by atoms with Crippen molar-refractivity contribution >= 4 is 11.4 Å². The van der Waals surface area contributed by atoms with E-state index in [-0.39, 0.29) is 10.6 Å². The van der Waals surface area contributed by atoms with Gasteiger partial charge in [0.25, 0.3) is 5.69 Å². The topological polar surface area (TPSA) is 46.4 Å². The highest BCUT2D eigenvalue weighted by atomic mass is 16.6. The van der Waals surface area contributed by atoms with Gasteiger partial charge >= 0.3 is 0 Å². The molecule has 0 saturated carbocycles. The van der Waals surface area contributed by atoms with Gasteiger partial charge in [-0.2, -0.15) is 0 Å². The maximum atomic E-state index is 11.1. The number of rotatable bonds is 2. The van der Waals surface area contributed by atoms with Gasteiger partial charge in [-0.15, -0.1) is 0 Å². The van der Waals surface area contributed by atoms with Gasteiger partial charge in [-0.3, -0.25) is 10.1 Å². The molecule has 19 heavy (non-hydrogen) atoms. The summed E-state index contributed by atoms with van der Waals surface area (Å²) in [5.74, 6) is 0. The zero-order chi connectivity index (χ0) is 13.2. The lowest BCUT2D eigenvalue weighted by molar-refractivity contribution is -0.384. The second kappa shape index (κ2) is 4.72. The predicted molar refractivity (Wildman–Crippen MR) is 74.3 cm³/mol. The molecule has 3 rings (SSSR count). The molecule has 2 aromatic rings. The number of para-hydroxylation sites is 2. The molecule has 0 aromatic heterocycles. The molecule has 2 aromatic carbocycles. The minimum Gasteiger partial charge on any atom is -0.361 e. The fourth-order valence-electron chi connectivity index (χ4n) is 2.59. The Kier molecular flexibility index (Phi) is 2.91. The number of anilines is 1. The first-order valence-electron chi connectivity index (χ1n) is 6.31. The summed E-state index contributed by atoms with van der Waals surface area (Å²) >= 11 is 0. The molecule has 0 spiro atoms. The minimum absolute atomic E-state index is 0.182. The molecule has 96 valence electrons. The van der Waals surface area contributed by atoms with Crippen molar-refractivity contribution < 1.29 is 4.92 Å². The summed E-state index contributed by atoms with van der Waals surface area (Å²) < 4.78 is 0. The van der Waals surface area contributed by atoms with Gasteiger partial charge < -0.3 is 4.90 Å². The molecule has 0 radical (unpaired) electrons. The van der Waals surface area contributed by atoms with Gasteiger partial charge in [0.2, 0.25) is 0 Å². The number of nitro benzene ring substituents is 1. The summed E-state index contributed by atoms with van der Waals surface area (Å²) in [4.78, 5) is 12.9. The molecule has 1 aliphatic rings. The first kappa shape index (κ1) is 11.7. The Labute approximate surface area is 111 Å². The highest BCUT2D eigenvalue weighted by Gasteiger charge is 2.22. The Bertz CT molecular complexity index is 625. The van der Waals surface area contributed by atoms with E-state index >= 15 is 0 Å². The van der Waals surface area contributed by atoms with Crippen LogP contribution in [-0.4, -0.2) is 11.5 Å². The van der Waals surface area contributed by atoms with Crippen LogP contribution in [0.25, 0.3) is 0 Å². The third-order valence-electron chi connectivity index (χ3n) is 3.55. The van der Waals surface area contributed by atoms with Crippen LogP contribution in [-0.2, 0) is 13.0 Å². The first-order valence-corrected chi connectivity index (χ1v) is 6.31. The van der Waals surface area contributed by atoms with Gasteiger partial charge in [0.05, 0.1) is 4.92 Å². The summed E-state index contributed by atoms with van der Waals surface area (Å²) in [6, 6.07) is 15.2. The summed E-state index contributed by atoms with van der Waals surface area (Å²) in [5, 5.41) is 11.1. The molecule has 4 heteroatoms. The Morgan fingerprint density at radius 3 is 2.47 bits per heavy atom. The average molecular weight is 254 g/mol. The standard InChI is InChI=1S/C15H14N2O2/c18-17(19)15-8-4-3-7-14(15)16-10-9-12-5-1-2-6-13(12)11-16/h1-8H,9-11H2. The van der Waals surface area contributed by atoms with Crippen LogP contribution in [0, 0.1) is 10.1 Å². The number of hydrogen-bond donors (Lipinski definition) is 0. The van der Waals surface area contributed by atoms with Crippen LogP contribution in [0.3, 0.4) is 0 Å². The second-order valence-corrected chi connectivity index (χ2v) is 4.69. The maximum absolute atomic E-state index is 11.1. The molecule has 0 aliphatic carbocycles. The van der Waals surface area contributed by atoms with Gasteiger partial charge in [-0.25, -0.2) is 0 Å². The quantitative estimate of drug-likeness (QED) is 0.611. The van der Waals surface area contributed by atoms with E-state index in [4.69, 9.17) is 0 Å². The molecule has 4 nitrogen and oxygen atoms in total. The summed E-state index contributed by atoms with van der Waals surface area (Å²) in [5.41, 5.74) is 3.49. The van der Waals surface area contributed by atoms with E-state index in [1.54, 1.807) is 12.1 Å². The predicted octanol–water partition coefficient (Wildman–Crippen LogP) is 3.16. The Balaban J connectivity index is 1.95. The van der Waals surface area contributed by atoms with Crippen molar-refractivity contribution in [2.45, 2.75) is 13.0 Å². The van der Waals surface area contributed by atoms with E-state index in [1.165, 1.54) is 11.1 Å². The van der Waals surface area contributed by atoms with Crippen LogP contribution < -0.4 is 4.90 Å². The summed E-state index contributed by atoms with van der Waals surface area (Å²) in [7, 11) is 0. The van der Waals surface area contributed by atoms with Crippen molar-refractivity contribution in [1.82, 2.24) is 0 Å². The van der Waals surface area contributed by atoms with Gasteiger partial charge in [-0.1, -0.05) is 36.4 Å². The summed E-state index contributed by atoms with van der Waals surface area (Å²) in [6.45, 7) is 1.56. The van der Waals surface area contributed by atoms with Crippen molar-refractivity contribution in [3.05, 3.63) is 69.8 Å². The van der Waals surface area contributed by atoms with Crippen LogP contribution in [0.15, 0.2) is 48.5 Å². The number of fused-ring (bicyclic) bond motifs is 1. The van der Waals surface area contributed by atoms with E-state index in [2.05, 4.69) is 17.0 Å². The van der Waals surface area contributed by atoms with Crippen LogP contribution in [0.5, 0.6) is 0 Å². The van der Waals surface area contributed by atoms with Gasteiger partial charge in [0, 0.05) is 19.2 Å². The highest BCUT2D eigenvalue weighted by Crippen LogP contribution is 2.31. The van der Waals surface area contributed by atoms with E-state index in [1.807, 2.05) is 24.3 Å². The average Bonchev–Trinajstić information content (AvgIpc) is 2.46. The highest BCUT2D eigenvalue weighted by molar-refractivity contribution is 5.64. The molecule has 0 N–H and O–H groups in total. The van der Waals surface area contributed by atoms with E-state index in [0.717, 1.165) is 19.5 Å². The van der Waals surface area contributed by atoms with E-state index in [9.17, 15) is 10.1 Å². The molecule has 0 saturated heterocycles. The minimum atomic E-state index is -0.310. The van der Waals surface area contributed by atoms with Crippen molar-refractivity contribution in [3.8, 4) is 0 Å². The summed E-state index contributed by atoms with van der Waals surface area (Å²) in [6.07, 6.45) is 0.933. The van der Waals surface area contributed by atoms with Crippen LogP contribution >= 0.6 is 0 Å². The molecular weight excluding hydrogens is 240 g/mol. The second-order valence-electron chi connectivity index (χ2n) is 4.69. The van der Waals surface area contributed by atoms with E-state index < -0.39 is 0 Å². The lowest BCUT2D eigenvalue weighted by atomic mass is 9.99. The van der Waals surface area contributed by atoms with Crippen LogP contribution in [0.1, 0.15) is 11.1 Å². The third kappa shape index (κ3) is 2.17. The van der Waals surface area contributed by atoms with Crippen LogP contribution in [0.4, 0.5) is 11.4 Å². The normalized spacial score (nSPS) is 14.0. The Hall–Kier alpha value is -2.36. The molecule has 0 unspecified atom stereocenters. The maximum Gasteiger partial charge on any atom is 0.292 e. The number of benzene rings is 2. The number of nitrogens with zero attached hydrogens (tertiary/aromatic N) is 2. The lowest BCUT2D eigenvalue weighted by Crippen LogP contribution is -2.30. The van der Waals surface area contributed by atoms with Gasteiger partial charge in [0.15, 0.2) is 0 Å². The van der Waals surface area contributed by atoms with Crippen molar-refractivity contribution in [3.63, 3.8) is 0 Å². The zero-order valence-electron chi connectivity index (χ0n) is 10.5. The van der Waals surface area contributed by atoms with Crippen molar-refractivity contribution in [1.29, 1.82) is 0 Å². The first-order chi connectivity index (χ1) is 9.25. The fraction of sp³-hybridized carbons (Fsp3) is 0.200. The number of nitro groups is 1. The molecule has 0 amide bonds. The molecule has 1 aliphatic heterocycles. The van der Waals surface area contributed by atoms with Gasteiger partial charge in [0.1, 0.15) is 5.69 Å². The molecule has 0 bridgehead atoms. The smallest absolute Gasteiger partial charge is 0.292 e. The SMILES string of the molecule is O=[N+]([O-])c1ccccc1N1CCc2ccccc2C1. The third-order valence-corrected chi connectivity index (χ3v) is 3.55. The molecule has 1 heterocycles. The Morgan fingerprint density at radius 2 is 1.68 bits per heavy atom. The monoisotopic (exact) mass is 254 g/mol. The molecule has 0 atom stereocenters.